The van der Waals surface area contributed by atoms with Crippen LogP contribution < -0.4 is 10.6 Å². The number of amides is 2. The fourth-order valence-electron chi connectivity index (χ4n) is 2.12. The molecule has 120 valence electrons. The lowest BCUT2D eigenvalue weighted by Gasteiger charge is -2.22. The van der Waals surface area contributed by atoms with Crippen LogP contribution in [0.4, 0.5) is 4.79 Å². The van der Waals surface area contributed by atoms with Gasteiger partial charge in [-0.3, -0.25) is 4.79 Å². The van der Waals surface area contributed by atoms with Crippen molar-refractivity contribution in [2.45, 2.75) is 56.0 Å². The van der Waals surface area contributed by atoms with E-state index in [1.54, 1.807) is 20.8 Å². The molecule has 2 atom stereocenters. The topological polar surface area (TPSA) is 67.4 Å². The molecule has 0 bridgehead atoms. The number of nitrogens with one attached hydrogen (secondary N) is 2. The van der Waals surface area contributed by atoms with E-state index in [0.717, 1.165) is 12.8 Å². The Morgan fingerprint density at radius 3 is 2.33 bits per heavy atom. The average molecular weight is 337 g/mol. The summed E-state index contributed by atoms with van der Waals surface area (Å²) in [6.07, 6.45) is 2.12. The highest BCUT2D eigenvalue weighted by Crippen LogP contribution is 2.53. The van der Waals surface area contributed by atoms with Gasteiger partial charge in [-0.1, -0.05) is 0 Å². The number of ether oxygens (including phenoxy) is 1. The fourth-order valence-corrected chi connectivity index (χ4v) is 2.63. The molecule has 2 aliphatic carbocycles. The van der Waals surface area contributed by atoms with Crippen molar-refractivity contribution in [1.82, 2.24) is 10.6 Å². The monoisotopic (exact) mass is 336 g/mol. The van der Waals surface area contributed by atoms with Crippen molar-refractivity contribution in [1.29, 1.82) is 0 Å². The largest absolute Gasteiger partial charge is 0.444 e. The third-order valence-electron chi connectivity index (χ3n) is 3.53. The lowest BCUT2D eigenvalue weighted by Crippen LogP contribution is -2.46. The molecule has 2 fully saturated rings. The molecular weight excluding hydrogens is 315 g/mol. The van der Waals surface area contributed by atoms with Gasteiger partial charge in [0.15, 0.2) is 0 Å². The van der Waals surface area contributed by atoms with Gasteiger partial charge in [-0.15, -0.1) is 23.2 Å². The zero-order valence-corrected chi connectivity index (χ0v) is 14.1. The number of alkyl halides is 2. The van der Waals surface area contributed by atoms with E-state index in [4.69, 9.17) is 27.9 Å². The summed E-state index contributed by atoms with van der Waals surface area (Å²) in [5.41, 5.74) is -0.534. The van der Waals surface area contributed by atoms with Gasteiger partial charge in [0, 0.05) is 12.6 Å². The van der Waals surface area contributed by atoms with Crippen molar-refractivity contribution in [2.24, 2.45) is 11.8 Å². The minimum atomic E-state index is -0.920. The van der Waals surface area contributed by atoms with Gasteiger partial charge in [-0.05, 0) is 46.0 Å². The van der Waals surface area contributed by atoms with E-state index in [1.807, 2.05) is 0 Å². The average Bonchev–Trinajstić information content (AvgIpc) is 3.18. The Morgan fingerprint density at radius 2 is 1.90 bits per heavy atom. The molecule has 0 aromatic carbocycles. The number of halogens is 2. The van der Waals surface area contributed by atoms with Crippen molar-refractivity contribution >= 4 is 35.2 Å². The molecule has 2 N–H and O–H groups in total. The Labute approximate surface area is 135 Å². The zero-order chi connectivity index (χ0) is 15.8. The number of carbonyl (C=O) groups excluding carboxylic acids is 2. The van der Waals surface area contributed by atoms with Crippen molar-refractivity contribution in [3.05, 3.63) is 0 Å². The summed E-state index contributed by atoms with van der Waals surface area (Å²) in [4.78, 5) is 23.7. The summed E-state index contributed by atoms with van der Waals surface area (Å²) >= 11 is 11.8. The maximum absolute atomic E-state index is 12.0. The Hall–Kier alpha value is -0.680. The summed E-state index contributed by atoms with van der Waals surface area (Å²) in [7, 11) is 0. The molecule has 0 heterocycles. The van der Waals surface area contributed by atoms with Crippen molar-refractivity contribution in [2.75, 3.05) is 6.54 Å². The van der Waals surface area contributed by atoms with Crippen molar-refractivity contribution in [3.8, 4) is 0 Å². The van der Waals surface area contributed by atoms with Crippen LogP contribution in [-0.2, 0) is 9.53 Å². The Bertz CT molecular complexity index is 430. The number of alkyl carbamates (subject to hydrolysis) is 1. The van der Waals surface area contributed by atoms with E-state index in [9.17, 15) is 9.59 Å². The maximum Gasteiger partial charge on any atom is 0.407 e. The lowest BCUT2D eigenvalue weighted by atomic mass is 10.1. The number of carbonyl (C=O) groups is 2. The second-order valence-electron chi connectivity index (χ2n) is 6.85. The number of hydrogen-bond acceptors (Lipinski definition) is 3. The first-order valence-corrected chi connectivity index (χ1v) is 7.99. The van der Waals surface area contributed by atoms with Gasteiger partial charge in [0.05, 0.1) is 5.92 Å². The Morgan fingerprint density at radius 1 is 1.33 bits per heavy atom. The van der Waals surface area contributed by atoms with E-state index in [1.165, 1.54) is 0 Å². The summed E-state index contributed by atoms with van der Waals surface area (Å²) in [5, 5.41) is 5.64. The molecule has 0 saturated heterocycles. The standard InChI is InChI=1S/C14H22Cl2N2O3/c1-13(2,3)21-12(20)17-7-10(8-4-5-8)18-11(19)9-6-14(9,15)16/h8-10H,4-7H2,1-3H3,(H,17,20)(H,18,19)/t9-,10-/m0/s1. The van der Waals surface area contributed by atoms with Gasteiger partial charge in [0.2, 0.25) is 5.91 Å². The molecule has 0 radical (unpaired) electrons. The van der Waals surface area contributed by atoms with Gasteiger partial charge in [0.25, 0.3) is 0 Å². The molecule has 0 aromatic rings. The molecule has 0 aliphatic heterocycles. The van der Waals surface area contributed by atoms with Gasteiger partial charge < -0.3 is 15.4 Å². The summed E-state index contributed by atoms with van der Waals surface area (Å²) in [6.45, 7) is 5.77. The van der Waals surface area contributed by atoms with Gasteiger partial charge in [-0.2, -0.15) is 0 Å². The van der Waals surface area contributed by atoms with Gasteiger partial charge >= 0.3 is 6.09 Å². The summed E-state index contributed by atoms with van der Waals surface area (Å²) in [6, 6.07) is -0.0882. The van der Waals surface area contributed by atoms with E-state index in [-0.39, 0.29) is 17.9 Å². The first-order chi connectivity index (χ1) is 9.58. The van der Waals surface area contributed by atoms with Crippen LogP contribution in [0.15, 0.2) is 0 Å². The van der Waals surface area contributed by atoms with Crippen LogP contribution in [0, 0.1) is 11.8 Å². The predicted molar refractivity (Wildman–Crippen MR) is 81.4 cm³/mol. The lowest BCUT2D eigenvalue weighted by molar-refractivity contribution is -0.123. The highest BCUT2D eigenvalue weighted by Gasteiger charge is 2.56. The molecule has 0 aromatic heterocycles. The second kappa shape index (κ2) is 5.84. The minimum Gasteiger partial charge on any atom is -0.444 e. The van der Waals surface area contributed by atoms with Crippen molar-refractivity contribution < 1.29 is 14.3 Å². The molecule has 2 aliphatic rings. The molecule has 0 spiro atoms. The first kappa shape index (κ1) is 16.7. The molecule has 2 saturated carbocycles. The molecule has 21 heavy (non-hydrogen) atoms. The van der Waals surface area contributed by atoms with Crippen LogP contribution in [0.1, 0.15) is 40.0 Å². The van der Waals surface area contributed by atoms with E-state index < -0.39 is 16.0 Å². The third-order valence-corrected chi connectivity index (χ3v) is 4.36. The van der Waals surface area contributed by atoms with E-state index >= 15 is 0 Å². The SMILES string of the molecule is CC(C)(C)OC(=O)NC[C@H](NC(=O)[C@@H]1CC1(Cl)Cl)C1CC1. The van der Waals surface area contributed by atoms with Crippen LogP contribution in [-0.4, -0.2) is 34.5 Å². The van der Waals surface area contributed by atoms with Gasteiger partial charge in [-0.25, -0.2) is 4.79 Å². The second-order valence-corrected chi connectivity index (χ2v) is 8.40. The molecule has 2 rings (SSSR count). The third kappa shape index (κ3) is 5.22. The Balaban J connectivity index is 1.78. The molecule has 2 amide bonds. The predicted octanol–water partition coefficient (Wildman–Crippen LogP) is 2.60. The maximum atomic E-state index is 12.0. The highest BCUT2D eigenvalue weighted by atomic mass is 35.5. The minimum absolute atomic E-state index is 0.0882. The van der Waals surface area contributed by atoms with Crippen LogP contribution in [0.25, 0.3) is 0 Å². The molecule has 7 heteroatoms. The highest BCUT2D eigenvalue weighted by molar-refractivity contribution is 6.52. The Kier molecular flexibility index (Phi) is 4.64. The fraction of sp³-hybridized carbons (Fsp3) is 0.857. The summed E-state index contributed by atoms with van der Waals surface area (Å²) in [5.74, 6) is -0.0748. The zero-order valence-electron chi connectivity index (χ0n) is 12.5. The van der Waals surface area contributed by atoms with Crippen LogP contribution in [0.2, 0.25) is 0 Å². The van der Waals surface area contributed by atoms with Crippen molar-refractivity contribution in [3.63, 3.8) is 0 Å². The molecular formula is C14H22Cl2N2O3. The van der Waals surface area contributed by atoms with Crippen LogP contribution >= 0.6 is 23.2 Å². The molecule has 0 unspecified atom stereocenters. The quantitative estimate of drug-likeness (QED) is 0.758. The molecule has 5 nitrogen and oxygen atoms in total. The van der Waals surface area contributed by atoms with Crippen LogP contribution in [0.3, 0.4) is 0 Å². The first-order valence-electron chi connectivity index (χ1n) is 7.23. The van der Waals surface area contributed by atoms with E-state index in [0.29, 0.717) is 18.9 Å². The normalized spacial score (nSPS) is 24.9. The number of rotatable bonds is 5. The van der Waals surface area contributed by atoms with Crippen LogP contribution in [0.5, 0.6) is 0 Å². The summed E-state index contributed by atoms with van der Waals surface area (Å²) < 4.78 is 4.26. The smallest absolute Gasteiger partial charge is 0.407 e. The number of hydrogen-bond donors (Lipinski definition) is 2. The van der Waals surface area contributed by atoms with Gasteiger partial charge in [0.1, 0.15) is 9.93 Å². The van der Waals surface area contributed by atoms with E-state index in [2.05, 4.69) is 10.6 Å².